The van der Waals surface area contributed by atoms with Crippen molar-refractivity contribution in [1.29, 1.82) is 0 Å². The third-order valence-electron chi connectivity index (χ3n) is 10.00. The van der Waals surface area contributed by atoms with Gasteiger partial charge in [0.15, 0.2) is 0 Å². The Hall–Kier alpha value is -5.82. The van der Waals surface area contributed by atoms with Crippen LogP contribution >= 0.6 is 0 Å². The Morgan fingerprint density at radius 1 is 0.964 bits per heavy atom. The summed E-state index contributed by atoms with van der Waals surface area (Å²) in [6.07, 6.45) is 3.08. The van der Waals surface area contributed by atoms with Gasteiger partial charge in [-0.2, -0.15) is 4.89 Å². The van der Waals surface area contributed by atoms with Gasteiger partial charge in [-0.3, -0.25) is 9.59 Å². The molecule has 4 aromatic rings. The van der Waals surface area contributed by atoms with Gasteiger partial charge in [-0.25, -0.2) is 28.5 Å². The minimum absolute atomic E-state index is 0.130. The van der Waals surface area contributed by atoms with Crippen LogP contribution in [0.2, 0.25) is 0 Å². The maximum Gasteiger partial charge on any atom is 0.407 e. The predicted octanol–water partition coefficient (Wildman–Crippen LogP) is 5.94. The van der Waals surface area contributed by atoms with Crippen LogP contribution in [0.25, 0.3) is 22.3 Å². The van der Waals surface area contributed by atoms with E-state index in [0.717, 1.165) is 41.0 Å². The predicted molar refractivity (Wildman–Crippen MR) is 203 cm³/mol. The quantitative estimate of drug-likeness (QED) is 0.0554. The summed E-state index contributed by atoms with van der Waals surface area (Å²) in [6, 6.07) is 10.1. The smallest absolute Gasteiger partial charge is 0.407 e. The SMILES string of the molecule is COOC=N[C@H](C(=O)N1CC(F)(F)C[C@H]1c1nc2ccc(C#Cc3ccc(-c4cnc([C@@H]5CCCN5C(=O)[C@@H](NC(=O)OC)C(C)C)[nH]4)cc3)cc2[nH]1)C(C)C. The number of carbonyl (C=O) groups is 3. The van der Waals surface area contributed by atoms with Crippen molar-refractivity contribution < 1.29 is 37.7 Å². The summed E-state index contributed by atoms with van der Waals surface area (Å²) in [5, 5.41) is 2.67. The van der Waals surface area contributed by atoms with Gasteiger partial charge in [0.25, 0.3) is 5.92 Å². The molecule has 2 aromatic heterocycles. The third-order valence-corrected chi connectivity index (χ3v) is 10.00. The van der Waals surface area contributed by atoms with Gasteiger partial charge in [0.05, 0.1) is 55.8 Å². The van der Waals surface area contributed by atoms with E-state index in [-0.39, 0.29) is 29.6 Å². The van der Waals surface area contributed by atoms with Gasteiger partial charge in [-0.05, 0) is 60.6 Å². The molecule has 14 nitrogen and oxygen atoms in total. The van der Waals surface area contributed by atoms with Gasteiger partial charge >= 0.3 is 6.09 Å². The standard InChI is InChI=1S/C40H46F2N8O6/c1-23(2)33(44-22-56-55-6)37(51)50-21-40(41,42)19-32(50)36-45-28-16-13-26(18-29(28)46-36)10-9-25-11-14-27(15-12-25)30-20-43-35(47-30)31-8-7-17-49(31)38(52)34(24(3)4)48-39(53)54-5/h11-16,18,20,22-24,31-34H,7-8,17,19,21H2,1-6H3,(H,43,47)(H,45,46)(H,48,53)/t31-,32-,33-,34-/m0/s1. The summed E-state index contributed by atoms with van der Waals surface area (Å²) < 4.78 is 34.3. The fourth-order valence-corrected chi connectivity index (χ4v) is 7.11. The number of carbonyl (C=O) groups excluding carboxylic acids is 3. The number of nitrogens with one attached hydrogen (secondary N) is 3. The topological polar surface area (TPSA) is 167 Å². The first kappa shape index (κ1) is 39.9. The Morgan fingerprint density at radius 2 is 1.70 bits per heavy atom. The van der Waals surface area contributed by atoms with Crippen LogP contribution in [0.15, 0.2) is 53.7 Å². The van der Waals surface area contributed by atoms with Crippen molar-refractivity contribution in [3.05, 3.63) is 71.4 Å². The summed E-state index contributed by atoms with van der Waals surface area (Å²) in [6.45, 7) is 7.12. The molecule has 4 heterocycles. The number of rotatable bonds is 11. The second-order valence-corrected chi connectivity index (χ2v) is 14.7. The molecule has 0 aliphatic carbocycles. The maximum absolute atomic E-state index is 14.8. The molecular formula is C40H46F2N8O6. The van der Waals surface area contributed by atoms with Gasteiger partial charge in [0.2, 0.25) is 18.2 Å². The average molecular weight is 773 g/mol. The van der Waals surface area contributed by atoms with E-state index in [1.54, 1.807) is 43.1 Å². The highest BCUT2D eigenvalue weighted by molar-refractivity contribution is 5.86. The molecule has 4 atom stereocenters. The van der Waals surface area contributed by atoms with E-state index in [4.69, 9.17) is 4.74 Å². The van der Waals surface area contributed by atoms with Gasteiger partial charge in [-0.1, -0.05) is 51.7 Å². The number of H-pyrrole nitrogens is 2. The normalized spacial score (nSPS) is 19.0. The number of amides is 3. The molecule has 0 spiro atoms. The summed E-state index contributed by atoms with van der Waals surface area (Å²) in [7, 11) is 2.56. The number of nitrogens with zero attached hydrogens (tertiary/aromatic N) is 5. The van der Waals surface area contributed by atoms with Crippen LogP contribution in [0.4, 0.5) is 13.6 Å². The fourth-order valence-electron chi connectivity index (χ4n) is 7.11. The number of imidazole rings is 2. The molecule has 56 heavy (non-hydrogen) atoms. The third kappa shape index (κ3) is 8.83. The van der Waals surface area contributed by atoms with Crippen molar-refractivity contribution in [3.8, 4) is 23.1 Å². The molecule has 16 heteroatoms. The lowest BCUT2D eigenvalue weighted by atomic mass is 10.0. The minimum Gasteiger partial charge on any atom is -0.453 e. The maximum atomic E-state index is 14.8. The summed E-state index contributed by atoms with van der Waals surface area (Å²) in [4.78, 5) is 70.9. The highest BCUT2D eigenvalue weighted by Gasteiger charge is 2.50. The number of aliphatic imine (C=N–C) groups is 1. The largest absolute Gasteiger partial charge is 0.453 e. The highest BCUT2D eigenvalue weighted by Crippen LogP contribution is 2.41. The molecule has 0 bridgehead atoms. The minimum atomic E-state index is -3.10. The van der Waals surface area contributed by atoms with E-state index in [2.05, 4.69) is 51.9 Å². The van der Waals surface area contributed by atoms with Crippen LogP contribution in [0.5, 0.6) is 0 Å². The Kier molecular flexibility index (Phi) is 12.0. The fraction of sp³-hybridized carbons (Fsp3) is 0.450. The number of likely N-dealkylation sites (tertiary alicyclic amines) is 2. The Bertz CT molecular complexity index is 2140. The number of fused-ring (bicyclic) bond motifs is 1. The van der Waals surface area contributed by atoms with Crippen LogP contribution in [-0.2, 0) is 24.1 Å². The number of hydrogen-bond donors (Lipinski definition) is 3. The number of halogens is 2. The molecule has 2 aliphatic heterocycles. The average Bonchev–Trinajstić information content (AvgIpc) is 3.99. The molecule has 2 saturated heterocycles. The first-order valence-corrected chi connectivity index (χ1v) is 18.5. The molecule has 6 rings (SSSR count). The summed E-state index contributed by atoms with van der Waals surface area (Å²) in [5.74, 6) is 3.03. The molecule has 2 aliphatic rings. The monoisotopic (exact) mass is 772 g/mol. The second kappa shape index (κ2) is 16.9. The Morgan fingerprint density at radius 3 is 2.39 bits per heavy atom. The molecule has 3 amide bonds. The first-order chi connectivity index (χ1) is 26.8. The molecule has 296 valence electrons. The van der Waals surface area contributed by atoms with Crippen molar-refractivity contribution in [1.82, 2.24) is 35.1 Å². The van der Waals surface area contributed by atoms with Crippen LogP contribution in [0, 0.1) is 23.7 Å². The Balaban J connectivity index is 1.14. The number of alkyl halides is 2. The van der Waals surface area contributed by atoms with E-state index in [1.165, 1.54) is 14.2 Å². The zero-order chi connectivity index (χ0) is 40.1. The van der Waals surface area contributed by atoms with Crippen LogP contribution in [0.3, 0.4) is 0 Å². The van der Waals surface area contributed by atoms with Crippen molar-refractivity contribution in [3.63, 3.8) is 0 Å². The number of alkyl carbamates (subject to hydrolysis) is 1. The number of aromatic amines is 2. The summed E-state index contributed by atoms with van der Waals surface area (Å²) >= 11 is 0. The van der Waals surface area contributed by atoms with E-state index < -0.39 is 49.0 Å². The molecule has 2 fully saturated rings. The molecule has 2 aromatic carbocycles. The number of benzene rings is 2. The van der Waals surface area contributed by atoms with Gasteiger partial charge in [0, 0.05) is 24.1 Å². The second-order valence-electron chi connectivity index (χ2n) is 14.7. The van der Waals surface area contributed by atoms with E-state index >= 15 is 0 Å². The first-order valence-electron chi connectivity index (χ1n) is 18.5. The van der Waals surface area contributed by atoms with Crippen LogP contribution < -0.4 is 5.32 Å². The van der Waals surface area contributed by atoms with Crippen molar-refractivity contribution in [2.24, 2.45) is 16.8 Å². The molecular weight excluding hydrogens is 726 g/mol. The van der Waals surface area contributed by atoms with Gasteiger partial charge < -0.3 is 34.7 Å². The lowest BCUT2D eigenvalue weighted by Gasteiger charge is -2.30. The lowest BCUT2D eigenvalue weighted by Crippen LogP contribution is -2.51. The van der Waals surface area contributed by atoms with E-state index in [0.29, 0.717) is 29.0 Å². The zero-order valence-corrected chi connectivity index (χ0v) is 32.1. The molecule has 0 unspecified atom stereocenters. The van der Waals surface area contributed by atoms with E-state index in [9.17, 15) is 23.2 Å². The Labute approximate surface area is 323 Å². The molecule has 0 radical (unpaired) electrons. The molecule has 3 N–H and O–H groups in total. The summed E-state index contributed by atoms with van der Waals surface area (Å²) in [5.41, 5.74) is 4.30. The van der Waals surface area contributed by atoms with Crippen LogP contribution in [-0.4, -0.2) is 99.4 Å². The number of hydrogen-bond acceptors (Lipinski definition) is 9. The van der Waals surface area contributed by atoms with Gasteiger partial charge in [0.1, 0.15) is 23.7 Å². The lowest BCUT2D eigenvalue weighted by molar-refractivity contribution is -0.188. The van der Waals surface area contributed by atoms with Crippen LogP contribution in [0.1, 0.15) is 81.8 Å². The number of ether oxygens (including phenoxy) is 1. The zero-order valence-electron chi connectivity index (χ0n) is 32.1. The van der Waals surface area contributed by atoms with Crippen molar-refractivity contribution >= 4 is 35.3 Å². The van der Waals surface area contributed by atoms with E-state index in [1.807, 2.05) is 38.1 Å². The highest BCUT2D eigenvalue weighted by atomic mass is 19.3. The van der Waals surface area contributed by atoms with Crippen molar-refractivity contribution in [2.45, 2.75) is 77.0 Å². The number of aromatic nitrogens is 4. The van der Waals surface area contributed by atoms with Gasteiger partial charge in [-0.15, -0.1) is 0 Å². The van der Waals surface area contributed by atoms with Crippen molar-refractivity contribution in [2.75, 3.05) is 27.3 Å². The molecule has 0 saturated carbocycles. The number of methoxy groups -OCH3 is 1.